The molecule has 4 aromatic rings. The third-order valence-corrected chi connectivity index (χ3v) is 7.35. The minimum absolute atomic E-state index is 0.0498. The fraction of sp³-hybridized carbons (Fsp3) is 0.138. The summed E-state index contributed by atoms with van der Waals surface area (Å²) in [4.78, 5) is 30.0. The predicted molar refractivity (Wildman–Crippen MR) is 137 cm³/mol. The minimum Gasteiger partial charge on any atom is -0.497 e. The normalized spacial score (nSPS) is 19.4. The number of rotatable bonds is 4. The lowest BCUT2D eigenvalue weighted by atomic mass is 9.67. The number of nitrogens with one attached hydrogen (secondary N) is 2. The van der Waals surface area contributed by atoms with E-state index in [4.69, 9.17) is 9.47 Å². The molecule has 0 radical (unpaired) electrons. The van der Waals surface area contributed by atoms with Crippen molar-refractivity contribution >= 4 is 23.4 Å². The van der Waals surface area contributed by atoms with Gasteiger partial charge in [-0.25, -0.2) is 4.79 Å². The molecule has 8 nitrogen and oxygen atoms in total. The molecule has 7 rings (SSSR count). The van der Waals surface area contributed by atoms with E-state index in [2.05, 4.69) is 15.5 Å². The summed E-state index contributed by atoms with van der Waals surface area (Å²) in [7, 11) is 1.59. The maximum absolute atomic E-state index is 14.8. The quantitative estimate of drug-likeness (QED) is 0.417. The molecule has 3 aliphatic heterocycles. The van der Waals surface area contributed by atoms with Crippen LogP contribution in [0.15, 0.2) is 90.1 Å². The molecule has 3 aromatic carbocycles. The van der Waals surface area contributed by atoms with E-state index in [0.717, 1.165) is 11.1 Å². The average Bonchev–Trinajstić information content (AvgIpc) is 3.60. The first-order chi connectivity index (χ1) is 18.1. The number of esters is 1. The number of aromatic amines is 1. The van der Waals surface area contributed by atoms with Gasteiger partial charge in [0, 0.05) is 16.8 Å². The van der Waals surface area contributed by atoms with Crippen molar-refractivity contribution < 1.29 is 19.1 Å². The smallest absolute Gasteiger partial charge is 0.338 e. The fourth-order valence-corrected chi connectivity index (χ4v) is 5.77. The van der Waals surface area contributed by atoms with Crippen LogP contribution in [-0.4, -0.2) is 35.8 Å². The summed E-state index contributed by atoms with van der Waals surface area (Å²) in [6.45, 7) is 0.397. The van der Waals surface area contributed by atoms with Crippen LogP contribution in [0.4, 0.5) is 11.5 Å². The van der Waals surface area contributed by atoms with Crippen molar-refractivity contribution in [2.75, 3.05) is 23.9 Å². The van der Waals surface area contributed by atoms with Gasteiger partial charge in [-0.1, -0.05) is 60.7 Å². The van der Waals surface area contributed by atoms with E-state index in [1.807, 2.05) is 78.9 Å². The number of cyclic esters (lactones) is 1. The van der Waals surface area contributed by atoms with Gasteiger partial charge >= 0.3 is 5.97 Å². The molecule has 0 saturated carbocycles. The topological polar surface area (TPSA) is 96.5 Å². The number of fused-ring (bicyclic) bond motifs is 5. The highest BCUT2D eigenvalue weighted by molar-refractivity contribution is 6.20. The second-order valence-corrected chi connectivity index (χ2v) is 9.25. The zero-order chi connectivity index (χ0) is 25.1. The molecule has 37 heavy (non-hydrogen) atoms. The number of aromatic nitrogens is 2. The van der Waals surface area contributed by atoms with Crippen LogP contribution >= 0.6 is 0 Å². The largest absolute Gasteiger partial charge is 0.497 e. The first-order valence-electron chi connectivity index (χ1n) is 12.0. The third-order valence-electron chi connectivity index (χ3n) is 7.35. The monoisotopic (exact) mass is 490 g/mol. The van der Waals surface area contributed by atoms with Crippen molar-refractivity contribution in [1.82, 2.24) is 10.2 Å². The van der Waals surface area contributed by atoms with E-state index in [9.17, 15) is 9.59 Å². The van der Waals surface area contributed by atoms with Crippen LogP contribution in [0.5, 0.6) is 5.75 Å². The van der Waals surface area contributed by atoms with Crippen molar-refractivity contribution in [1.29, 1.82) is 0 Å². The van der Waals surface area contributed by atoms with Crippen LogP contribution in [0.25, 0.3) is 11.3 Å². The Bertz CT molecular complexity index is 1610. The van der Waals surface area contributed by atoms with E-state index < -0.39 is 11.4 Å². The summed E-state index contributed by atoms with van der Waals surface area (Å²) in [5.41, 5.74) is 3.87. The van der Waals surface area contributed by atoms with Crippen LogP contribution in [-0.2, 0) is 26.3 Å². The van der Waals surface area contributed by atoms with Crippen molar-refractivity contribution in [3.63, 3.8) is 0 Å². The Morgan fingerprint density at radius 3 is 2.54 bits per heavy atom. The number of carbonyl (C=O) groups is 2. The number of hydrogen-bond donors (Lipinski definition) is 2. The fourth-order valence-electron chi connectivity index (χ4n) is 5.77. The molecule has 8 heteroatoms. The number of benzene rings is 3. The molecule has 4 heterocycles. The lowest BCUT2D eigenvalue weighted by Gasteiger charge is -2.33. The van der Waals surface area contributed by atoms with Crippen LogP contribution in [0.3, 0.4) is 0 Å². The number of ether oxygens (including phenoxy) is 2. The highest BCUT2D eigenvalue weighted by Gasteiger charge is 2.63. The SMILES string of the molecule is COc1ccc2c(c1)C1(C(=O)N2Cc2ccccc2)C2=C(COC2=O)Nc2n[nH]c(-c3ccccc3)c21. The number of hydrogen-bond acceptors (Lipinski definition) is 6. The Hall–Kier alpha value is -4.85. The van der Waals surface area contributed by atoms with Gasteiger partial charge in [0.1, 0.15) is 17.8 Å². The number of methoxy groups -OCH3 is 1. The summed E-state index contributed by atoms with van der Waals surface area (Å²) < 4.78 is 11.1. The molecule has 1 aromatic heterocycles. The molecule has 3 aliphatic rings. The molecule has 1 amide bonds. The molecule has 0 saturated heterocycles. The number of nitrogens with zero attached hydrogens (tertiary/aromatic N) is 2. The second kappa shape index (κ2) is 7.83. The summed E-state index contributed by atoms with van der Waals surface area (Å²) in [6.07, 6.45) is 0. The molecular weight excluding hydrogens is 468 g/mol. The summed E-state index contributed by atoms with van der Waals surface area (Å²) in [6, 6.07) is 25.1. The Morgan fingerprint density at radius 2 is 1.78 bits per heavy atom. The molecule has 182 valence electrons. The molecule has 0 fully saturated rings. The van der Waals surface area contributed by atoms with Gasteiger partial charge < -0.3 is 19.7 Å². The highest BCUT2D eigenvalue weighted by atomic mass is 16.5. The van der Waals surface area contributed by atoms with E-state index >= 15 is 0 Å². The summed E-state index contributed by atoms with van der Waals surface area (Å²) >= 11 is 0. The first kappa shape index (κ1) is 21.4. The molecule has 1 atom stereocenters. The average molecular weight is 491 g/mol. The van der Waals surface area contributed by atoms with E-state index in [1.54, 1.807) is 12.0 Å². The highest BCUT2D eigenvalue weighted by Crippen LogP contribution is 2.58. The van der Waals surface area contributed by atoms with Crippen molar-refractivity contribution in [2.24, 2.45) is 0 Å². The standard InChI is InChI=1S/C29H22N4O4/c1-36-19-12-13-22-20(14-19)29(28(35)33(22)15-17-8-4-2-5-9-17)23-21(16-37-27(23)34)30-26-24(29)25(31-32-26)18-10-6-3-7-11-18/h2-14H,15-16H2,1H3,(H2,30,31,32). The number of H-pyrrole nitrogens is 1. The number of carbonyl (C=O) groups excluding carboxylic acids is 2. The van der Waals surface area contributed by atoms with Crippen LogP contribution < -0.4 is 15.0 Å². The summed E-state index contributed by atoms with van der Waals surface area (Å²) in [5.74, 6) is 0.342. The molecule has 1 spiro atoms. The lowest BCUT2D eigenvalue weighted by Crippen LogP contribution is -2.46. The van der Waals surface area contributed by atoms with Gasteiger partial charge in [0.2, 0.25) is 5.91 Å². The van der Waals surface area contributed by atoms with Gasteiger partial charge in [-0.2, -0.15) is 5.10 Å². The Kier molecular flexibility index (Phi) is 4.53. The minimum atomic E-state index is -1.46. The Labute approximate surface area is 212 Å². The predicted octanol–water partition coefficient (Wildman–Crippen LogP) is 4.15. The number of anilines is 2. The zero-order valence-corrected chi connectivity index (χ0v) is 19.9. The van der Waals surface area contributed by atoms with Crippen molar-refractivity contribution in [3.8, 4) is 17.0 Å². The molecular formula is C29H22N4O4. The van der Waals surface area contributed by atoms with Gasteiger partial charge in [0.05, 0.1) is 30.6 Å². The van der Waals surface area contributed by atoms with E-state index in [1.165, 1.54) is 0 Å². The van der Waals surface area contributed by atoms with Gasteiger partial charge in [-0.15, -0.1) is 0 Å². The third kappa shape index (κ3) is 2.86. The van der Waals surface area contributed by atoms with Crippen LogP contribution in [0.2, 0.25) is 0 Å². The molecule has 0 aliphatic carbocycles. The lowest BCUT2D eigenvalue weighted by molar-refractivity contribution is -0.137. The zero-order valence-electron chi connectivity index (χ0n) is 19.9. The molecule has 1 unspecified atom stereocenters. The van der Waals surface area contributed by atoms with Crippen LogP contribution in [0.1, 0.15) is 16.7 Å². The van der Waals surface area contributed by atoms with Gasteiger partial charge in [-0.3, -0.25) is 9.89 Å². The van der Waals surface area contributed by atoms with Crippen molar-refractivity contribution in [2.45, 2.75) is 12.0 Å². The van der Waals surface area contributed by atoms with E-state index in [0.29, 0.717) is 51.9 Å². The second-order valence-electron chi connectivity index (χ2n) is 9.25. The van der Waals surface area contributed by atoms with Gasteiger partial charge in [0.15, 0.2) is 5.82 Å². The maximum atomic E-state index is 14.8. The molecule has 0 bridgehead atoms. The summed E-state index contributed by atoms with van der Waals surface area (Å²) in [5, 5.41) is 11.0. The van der Waals surface area contributed by atoms with Gasteiger partial charge in [-0.05, 0) is 29.3 Å². The molecule has 2 N–H and O–H groups in total. The first-order valence-corrected chi connectivity index (χ1v) is 12.0. The van der Waals surface area contributed by atoms with Crippen LogP contribution in [0, 0.1) is 0 Å². The van der Waals surface area contributed by atoms with Crippen molar-refractivity contribution in [3.05, 3.63) is 107 Å². The Morgan fingerprint density at radius 1 is 1.03 bits per heavy atom. The Balaban J connectivity index is 1.55. The van der Waals surface area contributed by atoms with Gasteiger partial charge in [0.25, 0.3) is 0 Å². The van der Waals surface area contributed by atoms with E-state index in [-0.39, 0.29) is 12.5 Å². The maximum Gasteiger partial charge on any atom is 0.338 e. The number of amides is 1.